The molecular formula is C17H13Cl2FN4. The quantitative estimate of drug-likeness (QED) is 0.623. The van der Waals surface area contributed by atoms with E-state index in [2.05, 4.69) is 20.6 Å². The number of anilines is 4. The molecule has 0 fully saturated rings. The summed E-state index contributed by atoms with van der Waals surface area (Å²) in [5, 5.41) is 6.85. The fourth-order valence-corrected chi connectivity index (χ4v) is 2.61. The van der Waals surface area contributed by atoms with Gasteiger partial charge in [0.15, 0.2) is 0 Å². The molecule has 24 heavy (non-hydrogen) atoms. The number of nitrogens with zero attached hydrogens (tertiary/aromatic N) is 2. The standard InChI is InChI=1S/C17H13Cl2FN4/c1-10-9-15(22-14-8-3-2-7-13(14)20)23-17(21-10)24-16-11(18)5-4-6-12(16)19/h2-9H,1H3,(H2,21,22,23,24). The van der Waals surface area contributed by atoms with Gasteiger partial charge in [-0.25, -0.2) is 9.37 Å². The Kier molecular flexibility index (Phi) is 4.83. The maximum absolute atomic E-state index is 13.8. The van der Waals surface area contributed by atoms with Crippen LogP contribution in [0.5, 0.6) is 0 Å². The van der Waals surface area contributed by atoms with E-state index >= 15 is 0 Å². The lowest BCUT2D eigenvalue weighted by Gasteiger charge is -2.12. The van der Waals surface area contributed by atoms with Crippen molar-refractivity contribution < 1.29 is 4.39 Å². The highest BCUT2D eigenvalue weighted by atomic mass is 35.5. The van der Waals surface area contributed by atoms with Crippen LogP contribution in [0.3, 0.4) is 0 Å². The molecule has 0 unspecified atom stereocenters. The predicted molar refractivity (Wildman–Crippen MR) is 96.2 cm³/mol. The number of hydrogen-bond donors (Lipinski definition) is 2. The van der Waals surface area contributed by atoms with Crippen molar-refractivity contribution >= 4 is 46.3 Å². The fraction of sp³-hybridized carbons (Fsp3) is 0.0588. The molecule has 0 aliphatic heterocycles. The molecule has 0 aliphatic carbocycles. The Morgan fingerprint density at radius 3 is 2.33 bits per heavy atom. The first kappa shape index (κ1) is 16.5. The van der Waals surface area contributed by atoms with Crippen LogP contribution >= 0.6 is 23.2 Å². The molecule has 0 saturated carbocycles. The average Bonchev–Trinajstić information content (AvgIpc) is 2.53. The van der Waals surface area contributed by atoms with Crippen LogP contribution in [-0.2, 0) is 0 Å². The Hall–Kier alpha value is -2.37. The molecule has 1 heterocycles. The molecule has 3 rings (SSSR count). The smallest absolute Gasteiger partial charge is 0.229 e. The number of halogens is 3. The summed E-state index contributed by atoms with van der Waals surface area (Å²) in [4.78, 5) is 8.63. The van der Waals surface area contributed by atoms with Crippen LogP contribution in [0, 0.1) is 12.7 Å². The van der Waals surface area contributed by atoms with E-state index in [9.17, 15) is 4.39 Å². The maximum atomic E-state index is 13.8. The van der Waals surface area contributed by atoms with Gasteiger partial charge in [-0.2, -0.15) is 4.98 Å². The van der Waals surface area contributed by atoms with E-state index in [4.69, 9.17) is 23.2 Å². The first-order chi connectivity index (χ1) is 11.5. The van der Waals surface area contributed by atoms with Gasteiger partial charge in [-0.15, -0.1) is 0 Å². The number of para-hydroxylation sites is 2. The molecule has 0 amide bonds. The van der Waals surface area contributed by atoms with Crippen molar-refractivity contribution in [2.45, 2.75) is 6.92 Å². The second-order valence-electron chi connectivity index (χ2n) is 5.04. The Balaban J connectivity index is 1.91. The molecule has 3 aromatic rings. The largest absolute Gasteiger partial charge is 0.338 e. The zero-order valence-corrected chi connectivity index (χ0v) is 14.2. The molecule has 0 saturated heterocycles. The van der Waals surface area contributed by atoms with Crippen LogP contribution in [0.15, 0.2) is 48.5 Å². The van der Waals surface area contributed by atoms with Gasteiger partial charge in [0.25, 0.3) is 0 Å². The highest BCUT2D eigenvalue weighted by Crippen LogP contribution is 2.32. The van der Waals surface area contributed by atoms with Crippen LogP contribution in [0.25, 0.3) is 0 Å². The van der Waals surface area contributed by atoms with E-state index in [1.807, 2.05) is 6.92 Å². The minimum absolute atomic E-state index is 0.309. The van der Waals surface area contributed by atoms with Crippen LogP contribution in [0.1, 0.15) is 5.69 Å². The highest BCUT2D eigenvalue weighted by molar-refractivity contribution is 6.39. The second kappa shape index (κ2) is 7.03. The van der Waals surface area contributed by atoms with Gasteiger partial charge in [-0.1, -0.05) is 41.4 Å². The summed E-state index contributed by atoms with van der Waals surface area (Å²) in [5.74, 6) is 0.402. The van der Waals surface area contributed by atoms with E-state index in [0.717, 1.165) is 0 Å². The van der Waals surface area contributed by atoms with Gasteiger partial charge in [0, 0.05) is 11.8 Å². The lowest BCUT2D eigenvalue weighted by Crippen LogP contribution is -2.03. The van der Waals surface area contributed by atoms with E-state index in [1.54, 1.807) is 42.5 Å². The van der Waals surface area contributed by atoms with Gasteiger partial charge in [-0.3, -0.25) is 0 Å². The highest BCUT2D eigenvalue weighted by Gasteiger charge is 2.10. The third-order valence-electron chi connectivity index (χ3n) is 3.19. The molecule has 2 N–H and O–H groups in total. The van der Waals surface area contributed by atoms with Crippen molar-refractivity contribution in [3.8, 4) is 0 Å². The molecule has 0 aliphatic rings. The first-order valence-electron chi connectivity index (χ1n) is 7.11. The van der Waals surface area contributed by atoms with Gasteiger partial charge in [0.1, 0.15) is 11.6 Å². The molecule has 0 radical (unpaired) electrons. The number of rotatable bonds is 4. The Morgan fingerprint density at radius 2 is 1.62 bits per heavy atom. The van der Waals surface area contributed by atoms with E-state index in [-0.39, 0.29) is 5.82 Å². The van der Waals surface area contributed by atoms with Crippen molar-refractivity contribution in [3.05, 3.63) is 70.1 Å². The van der Waals surface area contributed by atoms with Gasteiger partial charge in [0.05, 0.1) is 21.4 Å². The first-order valence-corrected chi connectivity index (χ1v) is 7.87. The molecule has 7 heteroatoms. The van der Waals surface area contributed by atoms with Crippen LogP contribution in [-0.4, -0.2) is 9.97 Å². The lowest BCUT2D eigenvalue weighted by atomic mass is 10.3. The Labute approximate surface area is 148 Å². The summed E-state index contributed by atoms with van der Waals surface area (Å²) in [6, 6.07) is 13.3. The molecule has 1 aromatic heterocycles. The summed E-state index contributed by atoms with van der Waals surface area (Å²) >= 11 is 12.3. The van der Waals surface area contributed by atoms with E-state index in [0.29, 0.717) is 38.9 Å². The van der Waals surface area contributed by atoms with Gasteiger partial charge >= 0.3 is 0 Å². The summed E-state index contributed by atoms with van der Waals surface area (Å²) in [5.41, 5.74) is 1.55. The maximum Gasteiger partial charge on any atom is 0.229 e. The predicted octanol–water partition coefficient (Wildman–Crippen LogP) is 5.72. The average molecular weight is 363 g/mol. The van der Waals surface area contributed by atoms with Crippen LogP contribution < -0.4 is 10.6 Å². The van der Waals surface area contributed by atoms with Gasteiger partial charge < -0.3 is 10.6 Å². The molecule has 122 valence electrons. The van der Waals surface area contributed by atoms with Crippen molar-refractivity contribution in [2.24, 2.45) is 0 Å². The SMILES string of the molecule is Cc1cc(Nc2ccccc2F)nc(Nc2c(Cl)cccc2Cl)n1. The molecule has 0 atom stereocenters. The Morgan fingerprint density at radius 1 is 0.917 bits per heavy atom. The molecule has 4 nitrogen and oxygen atoms in total. The zero-order valence-electron chi connectivity index (χ0n) is 12.6. The second-order valence-corrected chi connectivity index (χ2v) is 5.86. The third-order valence-corrected chi connectivity index (χ3v) is 3.82. The number of hydrogen-bond acceptors (Lipinski definition) is 4. The van der Waals surface area contributed by atoms with Crippen molar-refractivity contribution in [3.63, 3.8) is 0 Å². The normalized spacial score (nSPS) is 10.5. The molecule has 2 aromatic carbocycles. The third kappa shape index (κ3) is 3.75. The van der Waals surface area contributed by atoms with Crippen molar-refractivity contribution in [1.29, 1.82) is 0 Å². The molecular weight excluding hydrogens is 350 g/mol. The van der Waals surface area contributed by atoms with E-state index in [1.165, 1.54) is 6.07 Å². The zero-order chi connectivity index (χ0) is 17.1. The Bertz CT molecular complexity index is 866. The lowest BCUT2D eigenvalue weighted by molar-refractivity contribution is 0.632. The summed E-state index contributed by atoms with van der Waals surface area (Å²) in [6.45, 7) is 1.81. The van der Waals surface area contributed by atoms with E-state index < -0.39 is 0 Å². The minimum Gasteiger partial charge on any atom is -0.338 e. The molecule has 0 bridgehead atoms. The van der Waals surface area contributed by atoms with Crippen LogP contribution in [0.4, 0.5) is 27.5 Å². The minimum atomic E-state index is -0.363. The number of aromatic nitrogens is 2. The summed E-state index contributed by atoms with van der Waals surface area (Å²) in [6.07, 6.45) is 0. The van der Waals surface area contributed by atoms with Gasteiger partial charge in [0.2, 0.25) is 5.95 Å². The number of benzene rings is 2. The monoisotopic (exact) mass is 362 g/mol. The fourth-order valence-electron chi connectivity index (χ4n) is 2.12. The molecule has 0 spiro atoms. The van der Waals surface area contributed by atoms with Crippen molar-refractivity contribution in [1.82, 2.24) is 9.97 Å². The van der Waals surface area contributed by atoms with Crippen molar-refractivity contribution in [2.75, 3.05) is 10.6 Å². The number of nitrogens with one attached hydrogen (secondary N) is 2. The van der Waals surface area contributed by atoms with Crippen LogP contribution in [0.2, 0.25) is 10.0 Å². The summed E-state index contributed by atoms with van der Waals surface area (Å²) in [7, 11) is 0. The topological polar surface area (TPSA) is 49.8 Å². The summed E-state index contributed by atoms with van der Waals surface area (Å²) < 4.78 is 13.8. The number of aryl methyl sites for hydroxylation is 1. The van der Waals surface area contributed by atoms with Gasteiger partial charge in [-0.05, 0) is 31.2 Å².